The van der Waals surface area contributed by atoms with Crippen LogP contribution in [0.2, 0.25) is 0 Å². The lowest BCUT2D eigenvalue weighted by molar-refractivity contribution is 0.0541. The van der Waals surface area contributed by atoms with Gasteiger partial charge < -0.3 is 9.47 Å². The summed E-state index contributed by atoms with van der Waals surface area (Å²) < 4.78 is 30.3. The predicted octanol–water partition coefficient (Wildman–Crippen LogP) is 1.91. The third kappa shape index (κ3) is 6.80. The van der Waals surface area contributed by atoms with Crippen LogP contribution in [0.5, 0.6) is 0 Å². The van der Waals surface area contributed by atoms with Crippen molar-refractivity contribution in [1.82, 2.24) is 0 Å². The summed E-state index contributed by atoms with van der Waals surface area (Å²) in [5.74, 6) is -0.436. The van der Waals surface area contributed by atoms with Crippen LogP contribution in [0.4, 0.5) is 4.79 Å². The zero-order valence-corrected chi connectivity index (χ0v) is 10.4. The summed E-state index contributed by atoms with van der Waals surface area (Å²) in [5, 5.41) is 0. The molecule has 0 heterocycles. The molecule has 1 rings (SSSR count). The van der Waals surface area contributed by atoms with Gasteiger partial charge in [-0.15, -0.1) is 0 Å². The Morgan fingerprint density at radius 1 is 1.18 bits per heavy atom. The smallest absolute Gasteiger partial charge is 0.433 e. The summed E-state index contributed by atoms with van der Waals surface area (Å²) in [4.78, 5) is 11.0. The molecule has 0 aromatic heterocycles. The molecule has 0 aliphatic carbocycles. The van der Waals surface area contributed by atoms with E-state index in [2.05, 4.69) is 4.74 Å². The first-order chi connectivity index (χ1) is 7.97. The molecule has 0 aliphatic rings. The molecule has 0 bridgehead atoms. The average Bonchev–Trinajstić information content (AvgIpc) is 2.26. The van der Waals surface area contributed by atoms with Gasteiger partial charge in [0, 0.05) is 10.7 Å². The molecular weight excluding hydrogens is 268 g/mol. The van der Waals surface area contributed by atoms with E-state index in [4.69, 9.17) is 15.4 Å². The Hall–Kier alpha value is -1.27. The van der Waals surface area contributed by atoms with E-state index in [9.17, 15) is 13.2 Å². The molecule has 17 heavy (non-hydrogen) atoms. The lowest BCUT2D eigenvalue weighted by Crippen LogP contribution is -2.13. The van der Waals surface area contributed by atoms with E-state index in [1.807, 2.05) is 18.2 Å². The van der Waals surface area contributed by atoms with Crippen LogP contribution < -0.4 is 0 Å². The summed E-state index contributed by atoms with van der Waals surface area (Å²) in [6.45, 7) is -0.243. The number of hydrogen-bond donors (Lipinski definition) is 0. The molecule has 0 spiro atoms. The Bertz CT molecular complexity index is 457. The molecular formula is C10H11ClO5S. The van der Waals surface area contributed by atoms with E-state index in [1.54, 1.807) is 12.1 Å². The van der Waals surface area contributed by atoms with Crippen LogP contribution in [-0.4, -0.2) is 26.9 Å². The van der Waals surface area contributed by atoms with Crippen LogP contribution in [0.1, 0.15) is 5.56 Å². The first kappa shape index (κ1) is 13.8. The molecule has 5 nitrogen and oxygen atoms in total. The molecule has 7 heteroatoms. The fourth-order valence-electron chi connectivity index (χ4n) is 0.983. The summed E-state index contributed by atoms with van der Waals surface area (Å²) >= 11 is 0. The van der Waals surface area contributed by atoms with Gasteiger partial charge in [0.2, 0.25) is 9.05 Å². The van der Waals surface area contributed by atoms with Crippen LogP contribution in [0.3, 0.4) is 0 Å². The maximum atomic E-state index is 11.0. The summed E-state index contributed by atoms with van der Waals surface area (Å²) in [7, 11) is 1.28. The van der Waals surface area contributed by atoms with Gasteiger partial charge in [-0.3, -0.25) is 0 Å². The third-order valence-electron chi connectivity index (χ3n) is 1.75. The topological polar surface area (TPSA) is 69.7 Å². The van der Waals surface area contributed by atoms with Gasteiger partial charge >= 0.3 is 6.16 Å². The van der Waals surface area contributed by atoms with E-state index < -0.39 is 21.0 Å². The standard InChI is InChI=1S/C10H11ClO5S/c11-17(13,14)7-6-15-10(12)16-8-9-4-2-1-3-5-9/h1-5H,6-8H2. The van der Waals surface area contributed by atoms with Gasteiger partial charge in [-0.05, 0) is 5.56 Å². The predicted molar refractivity (Wildman–Crippen MR) is 62.2 cm³/mol. The Kier molecular flexibility index (Phi) is 5.24. The molecule has 0 saturated heterocycles. The summed E-state index contributed by atoms with van der Waals surface area (Å²) in [6.07, 6.45) is -0.922. The second-order valence-electron chi connectivity index (χ2n) is 3.12. The first-order valence-corrected chi connectivity index (χ1v) is 7.21. The van der Waals surface area contributed by atoms with Gasteiger partial charge in [0.15, 0.2) is 0 Å². The van der Waals surface area contributed by atoms with Crippen molar-refractivity contribution in [2.75, 3.05) is 12.4 Å². The second kappa shape index (κ2) is 6.46. The number of rotatable bonds is 5. The van der Waals surface area contributed by atoms with Crippen molar-refractivity contribution >= 4 is 25.9 Å². The minimum absolute atomic E-state index is 0.0767. The maximum absolute atomic E-state index is 11.0. The van der Waals surface area contributed by atoms with Crippen molar-refractivity contribution in [3.05, 3.63) is 35.9 Å². The Balaban J connectivity index is 2.22. The molecule has 94 valence electrons. The highest BCUT2D eigenvalue weighted by molar-refractivity contribution is 8.13. The molecule has 1 aromatic carbocycles. The lowest BCUT2D eigenvalue weighted by atomic mass is 10.2. The van der Waals surface area contributed by atoms with Crippen molar-refractivity contribution in [3.63, 3.8) is 0 Å². The van der Waals surface area contributed by atoms with E-state index in [-0.39, 0.29) is 13.2 Å². The van der Waals surface area contributed by atoms with Gasteiger partial charge in [-0.2, -0.15) is 0 Å². The van der Waals surface area contributed by atoms with E-state index >= 15 is 0 Å². The Labute approximate surface area is 104 Å². The minimum Gasteiger partial charge on any atom is -0.433 e. The number of carbonyl (C=O) groups excluding carboxylic acids is 1. The molecule has 0 saturated carbocycles. The monoisotopic (exact) mass is 278 g/mol. The highest BCUT2D eigenvalue weighted by Gasteiger charge is 2.09. The van der Waals surface area contributed by atoms with Gasteiger partial charge in [-0.1, -0.05) is 30.3 Å². The van der Waals surface area contributed by atoms with Crippen molar-refractivity contribution in [2.24, 2.45) is 0 Å². The van der Waals surface area contributed by atoms with E-state index in [0.717, 1.165) is 5.56 Å². The molecule has 0 unspecified atom stereocenters. The average molecular weight is 279 g/mol. The van der Waals surface area contributed by atoms with Gasteiger partial charge in [0.05, 0.1) is 5.75 Å². The largest absolute Gasteiger partial charge is 0.508 e. The molecule has 1 aromatic rings. The molecule has 0 fully saturated rings. The summed E-state index contributed by atoms with van der Waals surface area (Å²) in [5.41, 5.74) is 0.814. The first-order valence-electron chi connectivity index (χ1n) is 4.73. The van der Waals surface area contributed by atoms with E-state index in [0.29, 0.717) is 0 Å². The fourth-order valence-corrected chi connectivity index (χ4v) is 1.45. The van der Waals surface area contributed by atoms with E-state index in [1.165, 1.54) is 0 Å². The van der Waals surface area contributed by atoms with Crippen LogP contribution in [0.25, 0.3) is 0 Å². The highest BCUT2D eigenvalue weighted by atomic mass is 35.7. The zero-order chi connectivity index (χ0) is 12.7. The highest BCUT2D eigenvalue weighted by Crippen LogP contribution is 2.02. The van der Waals surface area contributed by atoms with Crippen LogP contribution >= 0.6 is 10.7 Å². The normalized spacial score (nSPS) is 10.9. The Morgan fingerprint density at radius 2 is 1.82 bits per heavy atom. The number of carbonyl (C=O) groups is 1. The summed E-state index contributed by atoms with van der Waals surface area (Å²) in [6, 6.07) is 9.04. The van der Waals surface area contributed by atoms with Crippen molar-refractivity contribution in [3.8, 4) is 0 Å². The van der Waals surface area contributed by atoms with Gasteiger partial charge in [0.1, 0.15) is 13.2 Å². The Morgan fingerprint density at radius 3 is 2.41 bits per heavy atom. The molecule has 0 amide bonds. The van der Waals surface area contributed by atoms with Crippen LogP contribution in [-0.2, 0) is 25.1 Å². The second-order valence-corrected chi connectivity index (χ2v) is 6.01. The van der Waals surface area contributed by atoms with Crippen molar-refractivity contribution in [2.45, 2.75) is 6.61 Å². The van der Waals surface area contributed by atoms with Crippen LogP contribution in [0.15, 0.2) is 30.3 Å². The number of halogens is 1. The van der Waals surface area contributed by atoms with Gasteiger partial charge in [0.25, 0.3) is 0 Å². The zero-order valence-electron chi connectivity index (χ0n) is 8.84. The molecule has 0 radical (unpaired) electrons. The van der Waals surface area contributed by atoms with Gasteiger partial charge in [-0.25, -0.2) is 13.2 Å². The minimum atomic E-state index is -3.65. The van der Waals surface area contributed by atoms with Crippen LogP contribution in [0, 0.1) is 0 Å². The SMILES string of the molecule is O=C(OCCS(=O)(=O)Cl)OCc1ccccc1. The number of ether oxygens (including phenoxy) is 2. The third-order valence-corrected chi connectivity index (χ3v) is 2.86. The molecule has 0 N–H and O–H groups in total. The van der Waals surface area contributed by atoms with Crippen molar-refractivity contribution in [1.29, 1.82) is 0 Å². The molecule has 0 atom stereocenters. The fraction of sp³-hybridized carbons (Fsp3) is 0.300. The maximum Gasteiger partial charge on any atom is 0.508 e. The lowest BCUT2D eigenvalue weighted by Gasteiger charge is -2.05. The molecule has 0 aliphatic heterocycles. The van der Waals surface area contributed by atoms with Crippen molar-refractivity contribution < 1.29 is 22.7 Å². The number of hydrogen-bond acceptors (Lipinski definition) is 5. The number of benzene rings is 1. The quantitative estimate of drug-likeness (QED) is 0.608.